The summed E-state index contributed by atoms with van der Waals surface area (Å²) in [6, 6.07) is 0.499. The summed E-state index contributed by atoms with van der Waals surface area (Å²) in [6.45, 7) is 10.8. The van der Waals surface area contributed by atoms with Crippen molar-refractivity contribution in [2.45, 2.75) is 52.6 Å². The van der Waals surface area contributed by atoms with Crippen LogP contribution < -0.4 is 5.32 Å². The van der Waals surface area contributed by atoms with E-state index in [2.05, 4.69) is 34.2 Å². The van der Waals surface area contributed by atoms with Crippen molar-refractivity contribution in [3.05, 3.63) is 11.7 Å². The molecular formula is C14H26N4O. The summed E-state index contributed by atoms with van der Waals surface area (Å²) in [6.07, 6.45) is 3.88. The quantitative estimate of drug-likeness (QED) is 0.853. The zero-order chi connectivity index (χ0) is 13.7. The highest BCUT2D eigenvalue weighted by Gasteiger charge is 2.24. The zero-order valence-electron chi connectivity index (χ0n) is 12.4. The molecule has 0 radical (unpaired) electrons. The highest BCUT2D eigenvalue weighted by Crippen LogP contribution is 2.20. The molecule has 1 aromatic rings. The number of aryl methyl sites for hydroxylation is 1. The highest BCUT2D eigenvalue weighted by molar-refractivity contribution is 4.86. The molecule has 0 amide bonds. The van der Waals surface area contributed by atoms with Crippen LogP contribution in [0.4, 0.5) is 0 Å². The van der Waals surface area contributed by atoms with Gasteiger partial charge in [-0.25, -0.2) is 0 Å². The first-order valence-electron chi connectivity index (χ1n) is 7.44. The van der Waals surface area contributed by atoms with Gasteiger partial charge in [0.2, 0.25) is 5.89 Å². The number of hydrogen-bond acceptors (Lipinski definition) is 5. The molecule has 0 aromatic carbocycles. The minimum Gasteiger partial charge on any atom is -0.340 e. The molecule has 0 bridgehead atoms. The Morgan fingerprint density at radius 2 is 2.37 bits per heavy atom. The fourth-order valence-corrected chi connectivity index (χ4v) is 2.85. The molecule has 19 heavy (non-hydrogen) atoms. The summed E-state index contributed by atoms with van der Waals surface area (Å²) in [5.41, 5.74) is 0. The summed E-state index contributed by atoms with van der Waals surface area (Å²) in [4.78, 5) is 6.81. The molecule has 0 aliphatic carbocycles. The van der Waals surface area contributed by atoms with E-state index < -0.39 is 0 Å². The molecule has 1 aromatic heterocycles. The van der Waals surface area contributed by atoms with Crippen molar-refractivity contribution in [2.24, 2.45) is 5.92 Å². The summed E-state index contributed by atoms with van der Waals surface area (Å²) >= 11 is 0. The van der Waals surface area contributed by atoms with Crippen LogP contribution in [0.15, 0.2) is 4.52 Å². The standard InChI is InChI=1S/C14H26N4O/c1-4-7-18-8-5-6-13(10-18)11(2)15-9-14-16-12(3)19-17-14/h11,13,15H,4-10H2,1-3H3. The Balaban J connectivity index is 1.77. The van der Waals surface area contributed by atoms with Crippen molar-refractivity contribution < 1.29 is 4.52 Å². The summed E-state index contributed by atoms with van der Waals surface area (Å²) in [7, 11) is 0. The predicted molar refractivity (Wildman–Crippen MR) is 74.8 cm³/mol. The van der Waals surface area contributed by atoms with E-state index in [-0.39, 0.29) is 0 Å². The number of likely N-dealkylation sites (tertiary alicyclic amines) is 1. The van der Waals surface area contributed by atoms with E-state index in [1.165, 1.54) is 38.9 Å². The van der Waals surface area contributed by atoms with Crippen molar-refractivity contribution in [2.75, 3.05) is 19.6 Å². The van der Waals surface area contributed by atoms with Gasteiger partial charge < -0.3 is 14.7 Å². The normalized spacial score (nSPS) is 22.6. The van der Waals surface area contributed by atoms with Crippen molar-refractivity contribution >= 4 is 0 Å². The lowest BCUT2D eigenvalue weighted by atomic mass is 9.91. The average molecular weight is 266 g/mol. The molecule has 0 saturated carbocycles. The molecule has 2 unspecified atom stereocenters. The number of rotatable bonds is 6. The molecule has 1 aliphatic heterocycles. The van der Waals surface area contributed by atoms with Crippen LogP contribution in [0.25, 0.3) is 0 Å². The van der Waals surface area contributed by atoms with Gasteiger partial charge in [-0.2, -0.15) is 4.98 Å². The lowest BCUT2D eigenvalue weighted by Gasteiger charge is -2.35. The molecule has 2 heterocycles. The predicted octanol–water partition coefficient (Wildman–Crippen LogP) is 1.98. The van der Waals surface area contributed by atoms with E-state index in [0.29, 0.717) is 18.5 Å². The molecule has 1 saturated heterocycles. The second-order valence-corrected chi connectivity index (χ2v) is 5.60. The van der Waals surface area contributed by atoms with E-state index in [4.69, 9.17) is 4.52 Å². The maximum Gasteiger partial charge on any atom is 0.223 e. The van der Waals surface area contributed by atoms with Gasteiger partial charge in [0, 0.05) is 19.5 Å². The van der Waals surface area contributed by atoms with Gasteiger partial charge in [-0.05, 0) is 45.2 Å². The van der Waals surface area contributed by atoms with Crippen LogP contribution in [0.3, 0.4) is 0 Å². The molecule has 108 valence electrons. The number of aromatic nitrogens is 2. The summed E-state index contributed by atoms with van der Waals surface area (Å²) in [5, 5.41) is 7.45. The van der Waals surface area contributed by atoms with Gasteiger partial charge in [-0.3, -0.25) is 0 Å². The third kappa shape index (κ3) is 4.28. The van der Waals surface area contributed by atoms with E-state index in [1.54, 1.807) is 0 Å². The minimum atomic E-state index is 0.499. The van der Waals surface area contributed by atoms with Crippen molar-refractivity contribution in [1.29, 1.82) is 0 Å². The van der Waals surface area contributed by atoms with E-state index >= 15 is 0 Å². The van der Waals surface area contributed by atoms with Gasteiger partial charge in [0.25, 0.3) is 0 Å². The third-order valence-electron chi connectivity index (χ3n) is 3.94. The van der Waals surface area contributed by atoms with Crippen LogP contribution in [0.1, 0.15) is 44.8 Å². The number of hydrogen-bond donors (Lipinski definition) is 1. The average Bonchev–Trinajstić information content (AvgIpc) is 2.82. The summed E-state index contributed by atoms with van der Waals surface area (Å²) < 4.78 is 4.98. The molecule has 1 N–H and O–H groups in total. The fourth-order valence-electron chi connectivity index (χ4n) is 2.85. The van der Waals surface area contributed by atoms with Gasteiger partial charge in [-0.15, -0.1) is 0 Å². The highest BCUT2D eigenvalue weighted by atomic mass is 16.5. The molecule has 2 rings (SSSR count). The third-order valence-corrected chi connectivity index (χ3v) is 3.94. The molecule has 0 spiro atoms. The minimum absolute atomic E-state index is 0.499. The topological polar surface area (TPSA) is 54.2 Å². The maximum absolute atomic E-state index is 4.98. The van der Waals surface area contributed by atoms with Gasteiger partial charge in [0.15, 0.2) is 5.82 Å². The summed E-state index contributed by atoms with van der Waals surface area (Å²) in [5.74, 6) is 2.12. The van der Waals surface area contributed by atoms with E-state index in [1.807, 2.05) is 6.92 Å². The van der Waals surface area contributed by atoms with E-state index in [9.17, 15) is 0 Å². The number of piperidine rings is 1. The first-order chi connectivity index (χ1) is 9.19. The van der Waals surface area contributed by atoms with Crippen molar-refractivity contribution in [3.63, 3.8) is 0 Å². The molecule has 5 heteroatoms. The Bertz CT molecular complexity index is 377. The first-order valence-corrected chi connectivity index (χ1v) is 7.44. The lowest BCUT2D eigenvalue weighted by Crippen LogP contribution is -2.44. The van der Waals surface area contributed by atoms with Crippen LogP contribution >= 0.6 is 0 Å². The molecule has 5 nitrogen and oxygen atoms in total. The van der Waals surface area contributed by atoms with Crippen LogP contribution in [-0.4, -0.2) is 40.7 Å². The molecule has 2 atom stereocenters. The van der Waals surface area contributed by atoms with Crippen molar-refractivity contribution in [3.8, 4) is 0 Å². The Labute approximate surface area is 115 Å². The van der Waals surface area contributed by atoms with Crippen LogP contribution in [0, 0.1) is 12.8 Å². The SMILES string of the molecule is CCCN1CCCC(C(C)NCc2noc(C)n2)C1. The van der Waals surface area contributed by atoms with Crippen molar-refractivity contribution in [1.82, 2.24) is 20.4 Å². The number of nitrogens with one attached hydrogen (secondary N) is 1. The van der Waals surface area contributed by atoms with Gasteiger partial charge >= 0.3 is 0 Å². The Morgan fingerprint density at radius 3 is 3.05 bits per heavy atom. The maximum atomic E-state index is 4.98. The van der Waals surface area contributed by atoms with Gasteiger partial charge in [0.05, 0.1) is 6.54 Å². The molecule has 1 aliphatic rings. The lowest BCUT2D eigenvalue weighted by molar-refractivity contribution is 0.150. The number of nitrogens with zero attached hydrogens (tertiary/aromatic N) is 3. The molecule has 1 fully saturated rings. The first kappa shape index (κ1) is 14.5. The van der Waals surface area contributed by atoms with Crippen LogP contribution in [-0.2, 0) is 6.54 Å². The van der Waals surface area contributed by atoms with Crippen LogP contribution in [0.2, 0.25) is 0 Å². The van der Waals surface area contributed by atoms with Gasteiger partial charge in [-0.1, -0.05) is 12.1 Å². The van der Waals surface area contributed by atoms with Gasteiger partial charge in [0.1, 0.15) is 0 Å². The zero-order valence-corrected chi connectivity index (χ0v) is 12.4. The monoisotopic (exact) mass is 266 g/mol. The van der Waals surface area contributed by atoms with Crippen LogP contribution in [0.5, 0.6) is 0 Å². The molecular weight excluding hydrogens is 240 g/mol. The Hall–Kier alpha value is -0.940. The van der Waals surface area contributed by atoms with E-state index in [0.717, 1.165) is 11.7 Å². The largest absolute Gasteiger partial charge is 0.340 e. The Kier molecular flexibility index (Phi) is 5.34. The smallest absolute Gasteiger partial charge is 0.223 e. The Morgan fingerprint density at radius 1 is 1.53 bits per heavy atom. The second kappa shape index (κ2) is 7.01. The second-order valence-electron chi connectivity index (χ2n) is 5.60. The fraction of sp³-hybridized carbons (Fsp3) is 0.857.